The number of allylic oxidation sites excluding steroid dienone is 4. The van der Waals surface area contributed by atoms with E-state index in [1.54, 1.807) is 36.4 Å². The van der Waals surface area contributed by atoms with Gasteiger partial charge in [-0.15, -0.1) is 13.2 Å². The highest BCUT2D eigenvalue weighted by Crippen LogP contribution is 2.44. The molecule has 0 spiro atoms. The summed E-state index contributed by atoms with van der Waals surface area (Å²) in [4.78, 5) is 0. The lowest BCUT2D eigenvalue weighted by Crippen LogP contribution is -2.25. The largest absolute Gasteiger partial charge is 0.573 e. The minimum atomic E-state index is -4.77. The van der Waals surface area contributed by atoms with E-state index in [0.717, 1.165) is 18.4 Å². The van der Waals surface area contributed by atoms with Crippen molar-refractivity contribution < 1.29 is 22.3 Å². The molecule has 4 rings (SSSR count). The molecule has 2 aliphatic rings. The average molecular weight is 503 g/mol. The lowest BCUT2D eigenvalue weighted by Gasteiger charge is -2.33. The molecule has 0 N–H and O–H groups in total. The number of rotatable bonds is 8. The molecule has 1 aliphatic carbocycles. The van der Waals surface area contributed by atoms with E-state index < -0.39 is 20.8 Å². The van der Waals surface area contributed by atoms with E-state index in [1.807, 2.05) is 6.08 Å². The Morgan fingerprint density at radius 2 is 1.80 bits per heavy atom. The van der Waals surface area contributed by atoms with Crippen molar-refractivity contribution in [3.63, 3.8) is 0 Å². The highest BCUT2D eigenvalue weighted by Gasteiger charge is 2.36. The molecule has 6 heteroatoms. The van der Waals surface area contributed by atoms with Crippen LogP contribution >= 0.6 is 0 Å². The van der Waals surface area contributed by atoms with E-state index in [-0.39, 0.29) is 12.2 Å². The van der Waals surface area contributed by atoms with E-state index in [0.29, 0.717) is 22.6 Å². The van der Waals surface area contributed by atoms with E-state index in [4.69, 9.17) is 0 Å². The van der Waals surface area contributed by atoms with Gasteiger partial charge in [0.15, 0.2) is 5.67 Å². The van der Waals surface area contributed by atoms with Gasteiger partial charge in [0.2, 0.25) is 0 Å². The van der Waals surface area contributed by atoms with Crippen molar-refractivity contribution in [1.82, 2.24) is 0 Å². The van der Waals surface area contributed by atoms with E-state index in [9.17, 15) is 13.2 Å². The molecule has 1 nitrogen and oxygen atoms in total. The van der Waals surface area contributed by atoms with Crippen LogP contribution in [0.2, 0.25) is 18.1 Å². The molecule has 1 saturated heterocycles. The lowest BCUT2D eigenvalue weighted by atomic mass is 9.79. The maximum absolute atomic E-state index is 16.6. The third-order valence-electron chi connectivity index (χ3n) is 7.41. The Bertz CT molecular complexity index is 1050. The Labute approximate surface area is 207 Å². The molecule has 1 heterocycles. The summed E-state index contributed by atoms with van der Waals surface area (Å²) >= 11 is 0. The highest BCUT2D eigenvalue weighted by atomic mass is 28.3. The Kier molecular flexibility index (Phi) is 8.20. The summed E-state index contributed by atoms with van der Waals surface area (Å²) in [6.07, 6.45) is 7.47. The van der Waals surface area contributed by atoms with Crippen LogP contribution in [0.15, 0.2) is 72.3 Å². The second kappa shape index (κ2) is 11.1. The van der Waals surface area contributed by atoms with E-state index in [1.165, 1.54) is 55.6 Å². The van der Waals surface area contributed by atoms with Gasteiger partial charge in [-0.05, 0) is 53.7 Å². The first-order valence-electron chi connectivity index (χ1n) is 12.8. The smallest absolute Gasteiger partial charge is 0.406 e. The molecule has 35 heavy (non-hydrogen) atoms. The molecular weight excluding hydrogens is 468 g/mol. The van der Waals surface area contributed by atoms with Crippen molar-refractivity contribution in [2.45, 2.75) is 75.6 Å². The van der Waals surface area contributed by atoms with Gasteiger partial charge in [-0.25, -0.2) is 4.39 Å². The molecule has 0 saturated carbocycles. The summed E-state index contributed by atoms with van der Waals surface area (Å²) in [5.74, 6) is 0.0876. The maximum atomic E-state index is 16.6. The number of benzene rings is 2. The standard InChI is InChI=1S/C29H34F4OSi/c1-2-3-6-17-35-18-14-22(15-19-35)24-10-8-16-28(30,21-24)27-13-5-4-12-26(27)23-9-7-11-25(20-23)34-29(31,32)33/h4-5,7-13,20-22,35H,2-3,6,14-19H2,1H3/t22-,28?,35-. The topological polar surface area (TPSA) is 9.23 Å². The Morgan fingerprint density at radius 1 is 1.03 bits per heavy atom. The second-order valence-corrected chi connectivity index (χ2v) is 13.4. The van der Waals surface area contributed by atoms with Crippen LogP contribution in [0.4, 0.5) is 17.6 Å². The van der Waals surface area contributed by atoms with Crippen LogP contribution in [0.5, 0.6) is 5.75 Å². The van der Waals surface area contributed by atoms with Crippen molar-refractivity contribution in [3.8, 4) is 16.9 Å². The van der Waals surface area contributed by atoms with Crippen molar-refractivity contribution >= 4 is 8.80 Å². The zero-order valence-electron chi connectivity index (χ0n) is 20.3. The number of halogens is 4. The molecule has 1 aliphatic heterocycles. The normalized spacial score (nSPS) is 24.8. The zero-order chi connectivity index (χ0) is 24.9. The molecular formula is C29H34F4OSi. The SMILES string of the molecule is CCCCC[Si@H]1CC[C@H](C2=CC(F)(c3ccccc3-c3cccc(OC(F)(F)F)c3)CC=C2)CC1. The molecule has 2 aromatic rings. The molecule has 1 atom stereocenters. The summed E-state index contributed by atoms with van der Waals surface area (Å²) in [6.45, 7) is 2.24. The van der Waals surface area contributed by atoms with Gasteiger partial charge in [-0.2, -0.15) is 0 Å². The molecule has 0 aromatic heterocycles. The molecule has 0 radical (unpaired) electrons. The van der Waals surface area contributed by atoms with Gasteiger partial charge >= 0.3 is 6.36 Å². The average Bonchev–Trinajstić information content (AvgIpc) is 2.84. The van der Waals surface area contributed by atoms with Gasteiger partial charge in [-0.3, -0.25) is 0 Å². The second-order valence-electron chi connectivity index (χ2n) is 9.95. The predicted molar refractivity (Wildman–Crippen MR) is 137 cm³/mol. The van der Waals surface area contributed by atoms with Crippen LogP contribution in [0.25, 0.3) is 11.1 Å². The van der Waals surface area contributed by atoms with Crippen LogP contribution in [0.1, 0.15) is 51.0 Å². The van der Waals surface area contributed by atoms with Crippen molar-refractivity contribution in [2.75, 3.05) is 0 Å². The Morgan fingerprint density at radius 3 is 2.54 bits per heavy atom. The summed E-state index contributed by atoms with van der Waals surface area (Å²) in [6, 6.07) is 17.0. The van der Waals surface area contributed by atoms with Crippen LogP contribution in [0.3, 0.4) is 0 Å². The number of hydrogen-bond acceptors (Lipinski definition) is 1. The summed E-state index contributed by atoms with van der Waals surface area (Å²) in [7, 11) is -0.650. The number of alkyl halides is 4. The van der Waals surface area contributed by atoms with E-state index >= 15 is 4.39 Å². The van der Waals surface area contributed by atoms with Crippen LogP contribution in [0, 0.1) is 5.92 Å². The fourth-order valence-electron chi connectivity index (χ4n) is 5.60. The number of hydrogen-bond donors (Lipinski definition) is 0. The van der Waals surface area contributed by atoms with Crippen molar-refractivity contribution in [1.29, 1.82) is 0 Å². The van der Waals surface area contributed by atoms with Gasteiger partial charge in [-0.1, -0.05) is 92.9 Å². The molecule has 188 valence electrons. The monoisotopic (exact) mass is 502 g/mol. The van der Waals surface area contributed by atoms with Crippen LogP contribution < -0.4 is 4.74 Å². The Balaban J connectivity index is 1.55. The van der Waals surface area contributed by atoms with Gasteiger partial charge in [0, 0.05) is 20.8 Å². The first-order valence-corrected chi connectivity index (χ1v) is 15.3. The maximum Gasteiger partial charge on any atom is 0.573 e. The molecule has 1 fully saturated rings. The van der Waals surface area contributed by atoms with Gasteiger partial charge < -0.3 is 4.74 Å². The molecule has 0 bridgehead atoms. The zero-order valence-corrected chi connectivity index (χ0v) is 21.4. The highest BCUT2D eigenvalue weighted by molar-refractivity contribution is 6.59. The van der Waals surface area contributed by atoms with Gasteiger partial charge in [0.25, 0.3) is 0 Å². The molecule has 0 amide bonds. The molecule has 1 unspecified atom stereocenters. The summed E-state index contributed by atoms with van der Waals surface area (Å²) in [5, 5.41) is 0. The summed E-state index contributed by atoms with van der Waals surface area (Å²) in [5.41, 5.74) is 0.942. The van der Waals surface area contributed by atoms with Gasteiger partial charge in [0.1, 0.15) is 5.75 Å². The third kappa shape index (κ3) is 6.66. The number of ether oxygens (including phenoxy) is 1. The molecule has 2 aromatic carbocycles. The third-order valence-corrected chi connectivity index (χ3v) is 10.9. The van der Waals surface area contributed by atoms with Crippen molar-refractivity contribution in [3.05, 3.63) is 77.9 Å². The minimum Gasteiger partial charge on any atom is -0.406 e. The van der Waals surface area contributed by atoms with Gasteiger partial charge in [0.05, 0.1) is 0 Å². The first-order chi connectivity index (χ1) is 16.8. The first kappa shape index (κ1) is 25.7. The quantitative estimate of drug-likeness (QED) is 0.199. The van der Waals surface area contributed by atoms with Crippen LogP contribution in [-0.4, -0.2) is 15.2 Å². The number of unbranched alkanes of at least 4 members (excludes halogenated alkanes) is 2. The van der Waals surface area contributed by atoms with Crippen LogP contribution in [-0.2, 0) is 5.67 Å². The fraction of sp³-hybridized carbons (Fsp3) is 0.448. The lowest BCUT2D eigenvalue weighted by molar-refractivity contribution is -0.274. The minimum absolute atomic E-state index is 0.216. The van der Waals surface area contributed by atoms with Crippen molar-refractivity contribution in [2.24, 2.45) is 5.92 Å². The fourth-order valence-corrected chi connectivity index (χ4v) is 9.08. The summed E-state index contributed by atoms with van der Waals surface area (Å²) < 4.78 is 58.9. The Hall–Kier alpha value is -2.34. The predicted octanol–water partition coefficient (Wildman–Crippen LogP) is 9.13. The van der Waals surface area contributed by atoms with E-state index in [2.05, 4.69) is 17.7 Å².